The monoisotopic (exact) mass is 332 g/mol. The Morgan fingerprint density at radius 1 is 1.41 bits per heavy atom. The number of thiazole rings is 1. The molecule has 114 valence electrons. The second-order valence-corrected chi connectivity index (χ2v) is 6.50. The number of rotatable bonds is 6. The van der Waals surface area contributed by atoms with Gasteiger partial charge in [0.15, 0.2) is 17.8 Å². The molecule has 2 atom stereocenters. The van der Waals surface area contributed by atoms with Gasteiger partial charge >= 0.3 is 0 Å². The van der Waals surface area contributed by atoms with Gasteiger partial charge in [0, 0.05) is 16.0 Å². The Hall–Kier alpha value is -1.84. The molecule has 22 heavy (non-hydrogen) atoms. The Balaban J connectivity index is 2.08. The Kier molecular flexibility index (Phi) is 5.58. The van der Waals surface area contributed by atoms with E-state index in [-0.39, 0.29) is 5.78 Å². The molecule has 4 nitrogen and oxygen atoms in total. The molecule has 0 saturated carbocycles. The van der Waals surface area contributed by atoms with Crippen molar-refractivity contribution in [3.8, 4) is 11.8 Å². The summed E-state index contributed by atoms with van der Waals surface area (Å²) in [6.07, 6.45) is 1.30. The van der Waals surface area contributed by atoms with Gasteiger partial charge in [-0.15, -0.1) is 23.1 Å². The lowest BCUT2D eigenvalue weighted by atomic mass is 10.0. The van der Waals surface area contributed by atoms with Crippen LogP contribution in [0.5, 0.6) is 5.75 Å². The van der Waals surface area contributed by atoms with Gasteiger partial charge in [0.1, 0.15) is 10.8 Å². The Morgan fingerprint density at radius 2 is 2.09 bits per heavy atom. The fourth-order valence-electron chi connectivity index (χ4n) is 1.90. The van der Waals surface area contributed by atoms with Crippen LogP contribution >= 0.6 is 23.1 Å². The first-order valence-electron chi connectivity index (χ1n) is 6.71. The smallest absolute Gasteiger partial charge is 0.196 e. The van der Waals surface area contributed by atoms with Gasteiger partial charge in [-0.3, -0.25) is 4.79 Å². The number of hydrogen-bond donors (Lipinski definition) is 0. The second-order valence-electron chi connectivity index (χ2n) is 4.73. The van der Waals surface area contributed by atoms with Gasteiger partial charge in [0.05, 0.1) is 6.07 Å². The molecular formula is C16H16N2O2S2. The van der Waals surface area contributed by atoms with Gasteiger partial charge in [-0.05, 0) is 44.4 Å². The first-order valence-corrected chi connectivity index (χ1v) is 8.81. The Labute approximate surface area is 138 Å². The largest absolute Gasteiger partial charge is 0.483 e. The number of carbonyl (C=O) groups is 1. The highest BCUT2D eigenvalue weighted by molar-refractivity contribution is 7.98. The average molecular weight is 332 g/mol. The summed E-state index contributed by atoms with van der Waals surface area (Å²) in [6, 6.07) is 9.55. The molecule has 0 amide bonds. The molecule has 2 aromatic rings. The lowest BCUT2D eigenvalue weighted by Gasteiger charge is -2.15. The van der Waals surface area contributed by atoms with Crippen molar-refractivity contribution in [1.82, 2.24) is 4.98 Å². The molecule has 1 aromatic carbocycles. The molecule has 0 bridgehead atoms. The van der Waals surface area contributed by atoms with E-state index < -0.39 is 12.0 Å². The maximum atomic E-state index is 12.4. The number of nitrogens with zero attached hydrogens (tertiary/aromatic N) is 2. The number of ether oxygens (including phenoxy) is 1. The standard InChI is InChI=1S/C16H16N2O2S2/c1-10-9-22-16(18-10)14(8-17)15(19)11(2)20-12-4-6-13(21-3)7-5-12/h4-7,9,11,14H,1-3H3/t11-,14+/m1/s1. The highest BCUT2D eigenvalue weighted by Gasteiger charge is 2.29. The first kappa shape index (κ1) is 16.5. The van der Waals surface area contributed by atoms with E-state index in [9.17, 15) is 10.1 Å². The molecular weight excluding hydrogens is 316 g/mol. The number of nitriles is 1. The molecule has 0 spiro atoms. The SMILES string of the molecule is CSc1ccc(O[C@H](C)C(=O)[C@H](C#N)c2nc(C)cs2)cc1. The van der Waals surface area contributed by atoms with Gasteiger partial charge in [0.2, 0.25) is 0 Å². The quantitative estimate of drug-likeness (QED) is 0.753. The van der Waals surface area contributed by atoms with Crippen LogP contribution in [0, 0.1) is 18.3 Å². The van der Waals surface area contributed by atoms with E-state index in [1.807, 2.05) is 48.9 Å². The van der Waals surface area contributed by atoms with Crippen molar-refractivity contribution in [3.63, 3.8) is 0 Å². The molecule has 0 radical (unpaired) electrons. The molecule has 0 aliphatic heterocycles. The van der Waals surface area contributed by atoms with Crippen LogP contribution in [-0.2, 0) is 4.79 Å². The van der Waals surface area contributed by atoms with E-state index in [0.29, 0.717) is 10.8 Å². The Bertz CT molecular complexity index is 689. The first-order chi connectivity index (χ1) is 10.5. The van der Waals surface area contributed by atoms with Gasteiger partial charge in [0.25, 0.3) is 0 Å². The summed E-state index contributed by atoms with van der Waals surface area (Å²) in [5.41, 5.74) is 0.814. The van der Waals surface area contributed by atoms with Crippen LogP contribution in [0.2, 0.25) is 0 Å². The van der Waals surface area contributed by atoms with Crippen molar-refractivity contribution in [2.45, 2.75) is 30.8 Å². The van der Waals surface area contributed by atoms with Crippen molar-refractivity contribution >= 4 is 28.9 Å². The van der Waals surface area contributed by atoms with Gasteiger partial charge in [-0.2, -0.15) is 5.26 Å². The summed E-state index contributed by atoms with van der Waals surface area (Å²) >= 11 is 2.96. The van der Waals surface area contributed by atoms with Crippen molar-refractivity contribution in [2.75, 3.05) is 6.26 Å². The summed E-state index contributed by atoms with van der Waals surface area (Å²) < 4.78 is 5.65. The minimum atomic E-state index is -0.876. The lowest BCUT2D eigenvalue weighted by Crippen LogP contribution is -2.28. The number of thioether (sulfide) groups is 1. The van der Waals surface area contributed by atoms with Crippen molar-refractivity contribution in [3.05, 3.63) is 40.3 Å². The predicted molar refractivity (Wildman–Crippen MR) is 88.5 cm³/mol. The van der Waals surface area contributed by atoms with E-state index >= 15 is 0 Å². The number of ketones is 1. The van der Waals surface area contributed by atoms with Crippen LogP contribution in [0.15, 0.2) is 34.5 Å². The summed E-state index contributed by atoms with van der Waals surface area (Å²) in [4.78, 5) is 17.8. The maximum absolute atomic E-state index is 12.4. The molecule has 0 aliphatic carbocycles. The lowest BCUT2D eigenvalue weighted by molar-refractivity contribution is -0.125. The van der Waals surface area contributed by atoms with Gasteiger partial charge in [-0.25, -0.2) is 4.98 Å². The normalized spacial score (nSPS) is 13.2. The topological polar surface area (TPSA) is 63.0 Å². The van der Waals surface area contributed by atoms with Crippen LogP contribution < -0.4 is 4.74 Å². The van der Waals surface area contributed by atoms with E-state index in [2.05, 4.69) is 4.98 Å². The van der Waals surface area contributed by atoms with E-state index in [1.165, 1.54) is 11.3 Å². The zero-order valence-electron chi connectivity index (χ0n) is 12.6. The molecule has 0 N–H and O–H groups in total. The third-order valence-electron chi connectivity index (χ3n) is 3.07. The molecule has 0 aliphatic rings. The number of Topliss-reactive ketones (excluding diaryl/α,β-unsaturated/α-hetero) is 1. The van der Waals surface area contributed by atoms with E-state index in [4.69, 9.17) is 4.74 Å². The minimum Gasteiger partial charge on any atom is -0.483 e. The zero-order valence-corrected chi connectivity index (χ0v) is 14.2. The third kappa shape index (κ3) is 3.87. The maximum Gasteiger partial charge on any atom is 0.196 e. The van der Waals surface area contributed by atoms with Crippen LogP contribution in [0.1, 0.15) is 23.5 Å². The molecule has 0 fully saturated rings. The predicted octanol–water partition coefficient (Wildman–Crippen LogP) is 3.82. The van der Waals surface area contributed by atoms with E-state index in [0.717, 1.165) is 10.6 Å². The molecule has 6 heteroatoms. The van der Waals surface area contributed by atoms with Crippen molar-refractivity contribution in [1.29, 1.82) is 5.26 Å². The molecule has 1 heterocycles. The second kappa shape index (κ2) is 7.43. The van der Waals surface area contributed by atoms with Gasteiger partial charge in [-0.1, -0.05) is 0 Å². The average Bonchev–Trinajstić information content (AvgIpc) is 2.95. The van der Waals surface area contributed by atoms with E-state index in [1.54, 1.807) is 18.7 Å². The zero-order chi connectivity index (χ0) is 16.1. The number of hydrogen-bond acceptors (Lipinski definition) is 6. The van der Waals surface area contributed by atoms with Crippen LogP contribution in [-0.4, -0.2) is 23.1 Å². The highest BCUT2D eigenvalue weighted by Crippen LogP contribution is 2.24. The third-order valence-corrected chi connectivity index (χ3v) is 4.84. The number of carbonyl (C=O) groups excluding carboxylic acids is 1. The number of aromatic nitrogens is 1. The van der Waals surface area contributed by atoms with Crippen molar-refractivity contribution in [2.24, 2.45) is 0 Å². The van der Waals surface area contributed by atoms with Crippen molar-refractivity contribution < 1.29 is 9.53 Å². The Morgan fingerprint density at radius 3 is 2.59 bits per heavy atom. The highest BCUT2D eigenvalue weighted by atomic mass is 32.2. The minimum absolute atomic E-state index is 0.272. The summed E-state index contributed by atoms with van der Waals surface area (Å²) in [6.45, 7) is 3.50. The summed E-state index contributed by atoms with van der Waals surface area (Å²) in [5.74, 6) is -0.532. The van der Waals surface area contributed by atoms with Crippen LogP contribution in [0.3, 0.4) is 0 Å². The summed E-state index contributed by atoms with van der Waals surface area (Å²) in [7, 11) is 0. The van der Waals surface area contributed by atoms with Crippen LogP contribution in [0.4, 0.5) is 0 Å². The van der Waals surface area contributed by atoms with Crippen LogP contribution in [0.25, 0.3) is 0 Å². The number of benzene rings is 1. The fourth-order valence-corrected chi connectivity index (χ4v) is 3.15. The summed E-state index contributed by atoms with van der Waals surface area (Å²) in [5, 5.41) is 11.6. The molecule has 2 rings (SSSR count). The number of aryl methyl sites for hydroxylation is 1. The molecule has 1 aromatic heterocycles. The molecule has 0 saturated heterocycles. The fraction of sp³-hybridized carbons (Fsp3) is 0.312. The molecule has 0 unspecified atom stereocenters. The van der Waals surface area contributed by atoms with Gasteiger partial charge < -0.3 is 4.74 Å².